The van der Waals surface area contributed by atoms with Crippen LogP contribution in [0.25, 0.3) is 22.4 Å². The molecule has 0 aliphatic carbocycles. The molecule has 0 aliphatic heterocycles. The van der Waals surface area contributed by atoms with Gasteiger partial charge in [-0.15, -0.1) is 0 Å². The first-order valence-electron chi connectivity index (χ1n) is 5.19. The zero-order valence-corrected chi connectivity index (χ0v) is 9.87. The molecule has 2 aromatic heterocycles. The Bertz CT molecular complexity index is 738. The molecule has 90 valence electrons. The topological polar surface area (TPSA) is 67.6 Å². The van der Waals surface area contributed by atoms with Crippen LogP contribution in [0.2, 0.25) is 5.02 Å². The van der Waals surface area contributed by atoms with E-state index in [1.165, 1.54) is 12.3 Å². The maximum absolute atomic E-state index is 13.1. The van der Waals surface area contributed by atoms with Crippen LogP contribution in [-0.4, -0.2) is 15.0 Å². The van der Waals surface area contributed by atoms with Gasteiger partial charge in [-0.3, -0.25) is 4.98 Å². The van der Waals surface area contributed by atoms with Crippen LogP contribution in [0.4, 0.5) is 10.1 Å². The molecule has 0 unspecified atom stereocenters. The second kappa shape index (κ2) is 3.96. The summed E-state index contributed by atoms with van der Waals surface area (Å²) < 4.78 is 13.1. The van der Waals surface area contributed by atoms with Gasteiger partial charge < -0.3 is 10.7 Å². The molecule has 0 bridgehead atoms. The van der Waals surface area contributed by atoms with Crippen molar-refractivity contribution in [2.45, 2.75) is 0 Å². The molecule has 18 heavy (non-hydrogen) atoms. The molecule has 3 rings (SSSR count). The Balaban J connectivity index is 2.22. The number of fused-ring (bicyclic) bond motifs is 1. The van der Waals surface area contributed by atoms with Gasteiger partial charge in [0, 0.05) is 16.8 Å². The first-order chi connectivity index (χ1) is 8.63. The molecule has 0 fully saturated rings. The van der Waals surface area contributed by atoms with Gasteiger partial charge >= 0.3 is 0 Å². The summed E-state index contributed by atoms with van der Waals surface area (Å²) in [5.74, 6) is 0.0879. The molecule has 0 aliphatic rings. The Hall–Kier alpha value is -2.14. The van der Waals surface area contributed by atoms with Crippen molar-refractivity contribution in [2.24, 2.45) is 0 Å². The number of imidazole rings is 1. The van der Waals surface area contributed by atoms with E-state index < -0.39 is 5.82 Å². The normalized spacial score (nSPS) is 11.0. The van der Waals surface area contributed by atoms with Crippen molar-refractivity contribution in [3.05, 3.63) is 41.4 Å². The van der Waals surface area contributed by atoms with Gasteiger partial charge in [-0.05, 0) is 18.2 Å². The number of nitrogens with two attached hydrogens (primary N) is 1. The Labute approximate surface area is 107 Å². The molecule has 4 nitrogen and oxygen atoms in total. The molecule has 0 spiro atoms. The molecule has 6 heteroatoms. The third-order valence-electron chi connectivity index (χ3n) is 2.56. The lowest BCUT2D eigenvalue weighted by molar-refractivity contribution is 0.622. The van der Waals surface area contributed by atoms with E-state index in [9.17, 15) is 4.39 Å². The highest BCUT2D eigenvalue weighted by Crippen LogP contribution is 2.27. The quantitative estimate of drug-likeness (QED) is 0.663. The maximum atomic E-state index is 13.1. The monoisotopic (exact) mass is 262 g/mol. The van der Waals surface area contributed by atoms with Crippen molar-refractivity contribution < 1.29 is 4.39 Å². The van der Waals surface area contributed by atoms with Gasteiger partial charge in [0.05, 0.1) is 17.4 Å². The number of aromatic amines is 1. The van der Waals surface area contributed by atoms with Crippen molar-refractivity contribution in [1.82, 2.24) is 15.0 Å². The molecule has 0 amide bonds. The fourth-order valence-corrected chi connectivity index (χ4v) is 2.01. The van der Waals surface area contributed by atoms with E-state index in [0.717, 1.165) is 6.20 Å². The zero-order valence-electron chi connectivity index (χ0n) is 9.11. The van der Waals surface area contributed by atoms with Crippen molar-refractivity contribution in [3.8, 4) is 11.4 Å². The van der Waals surface area contributed by atoms with Crippen LogP contribution < -0.4 is 5.73 Å². The van der Waals surface area contributed by atoms with Gasteiger partial charge in [0.15, 0.2) is 0 Å². The van der Waals surface area contributed by atoms with Gasteiger partial charge in [-0.25, -0.2) is 9.37 Å². The van der Waals surface area contributed by atoms with Crippen molar-refractivity contribution >= 4 is 28.3 Å². The summed E-state index contributed by atoms with van der Waals surface area (Å²) in [4.78, 5) is 11.1. The number of anilines is 1. The number of benzene rings is 1. The summed E-state index contributed by atoms with van der Waals surface area (Å²) in [5.41, 5.74) is 8.17. The Morgan fingerprint density at radius 2 is 2.06 bits per heavy atom. The number of hydrogen-bond donors (Lipinski definition) is 2. The number of pyridine rings is 1. The largest absolute Gasteiger partial charge is 0.397 e. The summed E-state index contributed by atoms with van der Waals surface area (Å²) >= 11 is 5.90. The fraction of sp³-hybridized carbons (Fsp3) is 0. The molecule has 0 atom stereocenters. The lowest BCUT2D eigenvalue weighted by Crippen LogP contribution is -1.86. The second-order valence-electron chi connectivity index (χ2n) is 3.87. The Morgan fingerprint density at radius 1 is 1.22 bits per heavy atom. The predicted octanol–water partition coefficient (Wildman–Crippen LogP) is 3.00. The predicted molar refractivity (Wildman–Crippen MR) is 68.7 cm³/mol. The average Bonchev–Trinajstić information content (AvgIpc) is 2.73. The minimum atomic E-state index is -0.418. The molecular weight excluding hydrogens is 255 g/mol. The number of rotatable bonds is 1. The number of halogens is 2. The zero-order chi connectivity index (χ0) is 12.7. The van der Waals surface area contributed by atoms with E-state index >= 15 is 0 Å². The SMILES string of the molecule is Nc1cc(Cl)cc2[nH]c(-c3cncc(F)c3)nc12. The fourth-order valence-electron chi connectivity index (χ4n) is 1.79. The van der Waals surface area contributed by atoms with Crippen LogP contribution in [-0.2, 0) is 0 Å². The Kier molecular flexibility index (Phi) is 2.41. The number of nitrogens with one attached hydrogen (secondary N) is 1. The van der Waals surface area contributed by atoms with Crippen molar-refractivity contribution in [3.63, 3.8) is 0 Å². The molecule has 0 saturated carbocycles. The van der Waals surface area contributed by atoms with Crippen molar-refractivity contribution in [1.29, 1.82) is 0 Å². The van der Waals surface area contributed by atoms with Gasteiger partial charge in [0.1, 0.15) is 17.2 Å². The standard InChI is InChI=1S/C12H8ClFN4/c13-7-2-9(15)11-10(3-7)17-12(18-11)6-1-8(14)5-16-4-6/h1-5H,15H2,(H,17,18). The molecule has 0 saturated heterocycles. The molecule has 3 N–H and O–H groups in total. The summed E-state index contributed by atoms with van der Waals surface area (Å²) in [7, 11) is 0. The molecule has 0 radical (unpaired) electrons. The molecule has 3 aromatic rings. The number of nitrogen functional groups attached to an aromatic ring is 1. The first kappa shape index (κ1) is 11.0. The van der Waals surface area contributed by atoms with Gasteiger partial charge in [-0.1, -0.05) is 11.6 Å². The summed E-state index contributed by atoms with van der Waals surface area (Å²) in [6, 6.07) is 4.69. The summed E-state index contributed by atoms with van der Waals surface area (Å²) in [5, 5.41) is 0.521. The van der Waals surface area contributed by atoms with Crippen LogP contribution in [0.5, 0.6) is 0 Å². The summed E-state index contributed by atoms with van der Waals surface area (Å²) in [6.45, 7) is 0. The third kappa shape index (κ3) is 1.78. The van der Waals surface area contributed by atoms with E-state index in [2.05, 4.69) is 15.0 Å². The minimum Gasteiger partial charge on any atom is -0.397 e. The van der Waals surface area contributed by atoms with Crippen LogP contribution in [0, 0.1) is 5.82 Å². The highest BCUT2D eigenvalue weighted by Gasteiger charge is 2.09. The van der Waals surface area contributed by atoms with Gasteiger partial charge in [-0.2, -0.15) is 0 Å². The van der Waals surface area contributed by atoms with Crippen LogP contribution in [0.1, 0.15) is 0 Å². The highest BCUT2D eigenvalue weighted by atomic mass is 35.5. The van der Waals surface area contributed by atoms with Gasteiger partial charge in [0.25, 0.3) is 0 Å². The highest BCUT2D eigenvalue weighted by molar-refractivity contribution is 6.31. The van der Waals surface area contributed by atoms with Crippen molar-refractivity contribution in [2.75, 3.05) is 5.73 Å². The van der Waals surface area contributed by atoms with E-state index in [4.69, 9.17) is 17.3 Å². The number of aromatic nitrogens is 3. The van der Waals surface area contributed by atoms with Crippen LogP contribution in [0.3, 0.4) is 0 Å². The number of H-pyrrole nitrogens is 1. The van der Waals surface area contributed by atoms with Crippen LogP contribution in [0.15, 0.2) is 30.6 Å². The lowest BCUT2D eigenvalue weighted by atomic mass is 10.3. The van der Waals surface area contributed by atoms with E-state index in [1.807, 2.05) is 0 Å². The maximum Gasteiger partial charge on any atom is 0.142 e. The van der Waals surface area contributed by atoms with Gasteiger partial charge in [0.2, 0.25) is 0 Å². The van der Waals surface area contributed by atoms with E-state index in [0.29, 0.717) is 33.1 Å². The van der Waals surface area contributed by atoms with E-state index in [-0.39, 0.29) is 0 Å². The molecule has 2 heterocycles. The molecular formula is C12H8ClFN4. The smallest absolute Gasteiger partial charge is 0.142 e. The Morgan fingerprint density at radius 3 is 2.83 bits per heavy atom. The second-order valence-corrected chi connectivity index (χ2v) is 4.30. The summed E-state index contributed by atoms with van der Waals surface area (Å²) in [6.07, 6.45) is 2.66. The molecule has 1 aromatic carbocycles. The first-order valence-corrected chi connectivity index (χ1v) is 5.57. The van der Waals surface area contributed by atoms with Crippen LogP contribution >= 0.6 is 11.6 Å². The lowest BCUT2D eigenvalue weighted by Gasteiger charge is -1.94. The van der Waals surface area contributed by atoms with E-state index in [1.54, 1.807) is 12.1 Å². The third-order valence-corrected chi connectivity index (χ3v) is 2.78. The number of hydrogen-bond acceptors (Lipinski definition) is 3. The minimum absolute atomic E-state index is 0.418. The average molecular weight is 263 g/mol. The number of nitrogens with zero attached hydrogens (tertiary/aromatic N) is 2.